The van der Waals surface area contributed by atoms with E-state index in [0.717, 1.165) is 15.8 Å². The Morgan fingerprint density at radius 1 is 1.17 bits per heavy atom. The van der Waals surface area contributed by atoms with Crippen LogP contribution in [0, 0.1) is 6.92 Å². The molecule has 1 aliphatic heterocycles. The number of ether oxygens (including phenoxy) is 1. The first-order valence-electron chi connectivity index (χ1n) is 9.14. The standard InChI is InChI=1S/C22H20N2O5/c1-13-10-15(8-9-17(13)28-3)22(2)20(26)24(21(27)23-22)12-16(25)19-11-14-6-4-5-7-18(14)29-19/h4-11H,12H2,1-3H3,(H,23,27). The number of rotatable bonds is 5. The van der Waals surface area contributed by atoms with Crippen LogP contribution in [0.4, 0.5) is 4.79 Å². The third-order valence-electron chi connectivity index (χ3n) is 5.25. The fraction of sp³-hybridized carbons (Fsp3) is 0.227. The molecule has 0 aliphatic carbocycles. The van der Waals surface area contributed by atoms with Crippen molar-refractivity contribution < 1.29 is 23.5 Å². The fourth-order valence-electron chi connectivity index (χ4n) is 3.57. The highest BCUT2D eigenvalue weighted by molar-refractivity contribution is 6.11. The summed E-state index contributed by atoms with van der Waals surface area (Å²) in [6.45, 7) is 3.09. The van der Waals surface area contributed by atoms with Gasteiger partial charge in [-0.15, -0.1) is 0 Å². The molecule has 1 saturated heterocycles. The maximum Gasteiger partial charge on any atom is 0.325 e. The van der Waals surface area contributed by atoms with Gasteiger partial charge in [0.25, 0.3) is 5.91 Å². The average Bonchev–Trinajstić information content (AvgIpc) is 3.23. The topological polar surface area (TPSA) is 88.8 Å². The van der Waals surface area contributed by atoms with E-state index in [4.69, 9.17) is 9.15 Å². The predicted octanol–water partition coefficient (Wildman–Crippen LogP) is 3.40. The Labute approximate surface area is 167 Å². The number of hydrogen-bond donors (Lipinski definition) is 1. The summed E-state index contributed by atoms with van der Waals surface area (Å²) in [5.41, 5.74) is 0.770. The Bertz CT molecular complexity index is 1120. The maximum atomic E-state index is 13.1. The number of aryl methyl sites for hydroxylation is 1. The molecule has 7 heteroatoms. The van der Waals surface area contributed by atoms with Crippen LogP contribution >= 0.6 is 0 Å². The number of urea groups is 1. The molecular weight excluding hydrogens is 372 g/mol. The number of furan rings is 1. The number of ketones is 1. The van der Waals surface area contributed by atoms with Crippen molar-refractivity contribution in [3.8, 4) is 5.75 Å². The second kappa shape index (κ2) is 6.77. The number of nitrogens with one attached hydrogen (secondary N) is 1. The third-order valence-corrected chi connectivity index (χ3v) is 5.25. The van der Waals surface area contributed by atoms with Crippen LogP contribution in [0.5, 0.6) is 5.75 Å². The van der Waals surface area contributed by atoms with E-state index in [2.05, 4.69) is 5.32 Å². The van der Waals surface area contributed by atoms with E-state index in [1.165, 1.54) is 0 Å². The van der Waals surface area contributed by atoms with Crippen molar-refractivity contribution in [2.24, 2.45) is 0 Å². The minimum absolute atomic E-state index is 0.112. The van der Waals surface area contributed by atoms with Crippen molar-refractivity contribution >= 4 is 28.7 Å². The van der Waals surface area contributed by atoms with Crippen molar-refractivity contribution in [1.29, 1.82) is 0 Å². The van der Waals surface area contributed by atoms with Gasteiger partial charge in [-0.05, 0) is 49.2 Å². The number of carbonyl (C=O) groups excluding carboxylic acids is 3. The number of nitrogens with zero attached hydrogens (tertiary/aromatic N) is 1. The smallest absolute Gasteiger partial charge is 0.325 e. The lowest BCUT2D eigenvalue weighted by molar-refractivity contribution is -0.130. The minimum atomic E-state index is -1.26. The number of fused-ring (bicyclic) bond motifs is 1. The van der Waals surface area contributed by atoms with Gasteiger partial charge in [0.1, 0.15) is 16.9 Å². The molecule has 3 aromatic rings. The molecule has 2 aromatic carbocycles. The Hall–Kier alpha value is -3.61. The van der Waals surface area contributed by atoms with Crippen LogP contribution in [0.15, 0.2) is 52.9 Å². The average molecular weight is 392 g/mol. The van der Waals surface area contributed by atoms with E-state index >= 15 is 0 Å². The van der Waals surface area contributed by atoms with Gasteiger partial charge < -0.3 is 14.5 Å². The lowest BCUT2D eigenvalue weighted by atomic mass is 9.90. The zero-order valence-electron chi connectivity index (χ0n) is 16.3. The Morgan fingerprint density at radius 2 is 1.93 bits per heavy atom. The van der Waals surface area contributed by atoms with E-state index in [9.17, 15) is 14.4 Å². The van der Waals surface area contributed by atoms with Crippen molar-refractivity contribution in [3.05, 3.63) is 65.4 Å². The molecule has 4 rings (SSSR count). The minimum Gasteiger partial charge on any atom is -0.496 e. The van der Waals surface area contributed by atoms with E-state index in [1.54, 1.807) is 50.4 Å². The van der Waals surface area contributed by atoms with Gasteiger partial charge >= 0.3 is 6.03 Å². The SMILES string of the molecule is COc1ccc(C2(C)NC(=O)N(CC(=O)c3cc4ccccc4o3)C2=O)cc1C. The van der Waals surface area contributed by atoms with Gasteiger partial charge in [0.2, 0.25) is 5.78 Å². The maximum absolute atomic E-state index is 13.1. The Balaban J connectivity index is 1.59. The molecule has 148 valence electrons. The molecule has 0 saturated carbocycles. The van der Waals surface area contributed by atoms with E-state index in [0.29, 0.717) is 16.9 Å². The molecule has 7 nitrogen and oxygen atoms in total. The Kier molecular flexibility index (Phi) is 4.38. The van der Waals surface area contributed by atoms with Crippen LogP contribution in [-0.4, -0.2) is 36.3 Å². The number of methoxy groups -OCH3 is 1. The first-order valence-corrected chi connectivity index (χ1v) is 9.14. The zero-order chi connectivity index (χ0) is 20.8. The lowest BCUT2D eigenvalue weighted by Crippen LogP contribution is -2.41. The van der Waals surface area contributed by atoms with Gasteiger partial charge in [0.05, 0.1) is 13.7 Å². The molecule has 0 bridgehead atoms. The summed E-state index contributed by atoms with van der Waals surface area (Å²) in [5.74, 6) is -0.136. The highest BCUT2D eigenvalue weighted by Gasteiger charge is 2.49. The molecule has 3 amide bonds. The largest absolute Gasteiger partial charge is 0.496 e. The van der Waals surface area contributed by atoms with Crippen LogP contribution in [0.3, 0.4) is 0 Å². The molecule has 1 aromatic heterocycles. The molecule has 1 unspecified atom stereocenters. The summed E-state index contributed by atoms with van der Waals surface area (Å²) >= 11 is 0. The van der Waals surface area contributed by atoms with Gasteiger partial charge in [-0.2, -0.15) is 0 Å². The van der Waals surface area contributed by atoms with Crippen LogP contribution in [0.25, 0.3) is 11.0 Å². The summed E-state index contributed by atoms with van der Waals surface area (Å²) in [6.07, 6.45) is 0. The second-order valence-electron chi connectivity index (χ2n) is 7.20. The molecule has 29 heavy (non-hydrogen) atoms. The molecule has 1 atom stereocenters. The first-order chi connectivity index (χ1) is 13.8. The number of Topliss-reactive ketones (excluding diaryl/α,β-unsaturated/α-hetero) is 1. The first kappa shape index (κ1) is 18.7. The lowest BCUT2D eigenvalue weighted by Gasteiger charge is -2.23. The van der Waals surface area contributed by atoms with Gasteiger partial charge in [-0.1, -0.05) is 24.3 Å². The predicted molar refractivity (Wildman–Crippen MR) is 106 cm³/mol. The van der Waals surface area contributed by atoms with Crippen molar-refractivity contribution in [3.63, 3.8) is 0 Å². The number of para-hydroxylation sites is 1. The van der Waals surface area contributed by atoms with Crippen molar-refractivity contribution in [2.45, 2.75) is 19.4 Å². The summed E-state index contributed by atoms with van der Waals surface area (Å²) in [4.78, 5) is 39.2. The van der Waals surface area contributed by atoms with Crippen molar-refractivity contribution in [1.82, 2.24) is 10.2 Å². The number of carbonyl (C=O) groups is 3. The van der Waals surface area contributed by atoms with E-state index in [-0.39, 0.29) is 5.76 Å². The number of imide groups is 1. The highest BCUT2D eigenvalue weighted by atomic mass is 16.5. The highest BCUT2D eigenvalue weighted by Crippen LogP contribution is 2.32. The number of amides is 3. The molecule has 1 N–H and O–H groups in total. The fourth-order valence-corrected chi connectivity index (χ4v) is 3.57. The number of benzene rings is 2. The molecule has 1 fully saturated rings. The third kappa shape index (κ3) is 3.04. The van der Waals surface area contributed by atoms with Gasteiger partial charge in [-0.3, -0.25) is 14.5 Å². The molecule has 2 heterocycles. The van der Waals surface area contributed by atoms with Crippen LogP contribution in [0.2, 0.25) is 0 Å². The summed E-state index contributed by atoms with van der Waals surface area (Å²) < 4.78 is 10.8. The summed E-state index contributed by atoms with van der Waals surface area (Å²) in [5, 5.41) is 3.49. The van der Waals surface area contributed by atoms with Crippen LogP contribution < -0.4 is 10.1 Å². The molecule has 0 spiro atoms. The van der Waals surface area contributed by atoms with E-state index in [1.807, 2.05) is 19.1 Å². The van der Waals surface area contributed by atoms with Crippen LogP contribution in [-0.2, 0) is 10.3 Å². The molecular formula is C22H20N2O5. The zero-order valence-corrected chi connectivity index (χ0v) is 16.3. The summed E-state index contributed by atoms with van der Waals surface area (Å²) in [6, 6.07) is 13.5. The van der Waals surface area contributed by atoms with Gasteiger partial charge in [0.15, 0.2) is 5.76 Å². The Morgan fingerprint density at radius 3 is 2.62 bits per heavy atom. The van der Waals surface area contributed by atoms with E-state index < -0.39 is 29.8 Å². The normalized spacial score (nSPS) is 18.9. The quantitative estimate of drug-likeness (QED) is 0.531. The molecule has 0 radical (unpaired) electrons. The number of hydrogen-bond acceptors (Lipinski definition) is 5. The van der Waals surface area contributed by atoms with Gasteiger partial charge in [0, 0.05) is 5.39 Å². The molecule has 1 aliphatic rings. The monoisotopic (exact) mass is 392 g/mol. The van der Waals surface area contributed by atoms with Gasteiger partial charge in [-0.25, -0.2) is 4.79 Å². The van der Waals surface area contributed by atoms with Crippen molar-refractivity contribution in [2.75, 3.05) is 13.7 Å². The summed E-state index contributed by atoms with van der Waals surface area (Å²) in [7, 11) is 1.57. The van der Waals surface area contributed by atoms with Crippen LogP contribution in [0.1, 0.15) is 28.6 Å². The second-order valence-corrected chi connectivity index (χ2v) is 7.20.